The number of rotatable bonds is 4. The summed E-state index contributed by atoms with van der Waals surface area (Å²) in [6, 6.07) is 42.4. The van der Waals surface area contributed by atoms with Crippen molar-refractivity contribution in [2.45, 2.75) is 25.7 Å². The summed E-state index contributed by atoms with van der Waals surface area (Å²) in [5.74, 6) is 0. The van der Waals surface area contributed by atoms with E-state index in [1.54, 1.807) is 0 Å². The van der Waals surface area contributed by atoms with E-state index < -0.39 is 0 Å². The van der Waals surface area contributed by atoms with Crippen molar-refractivity contribution in [3.8, 4) is 0 Å². The summed E-state index contributed by atoms with van der Waals surface area (Å²) in [4.78, 5) is 0. The van der Waals surface area contributed by atoms with Gasteiger partial charge in [-0.25, -0.2) is 48.6 Å². The molecule has 248 valence electrons. The summed E-state index contributed by atoms with van der Waals surface area (Å²) in [5.41, 5.74) is 5.41. The molecular weight excluding hydrogens is 980 g/mol. The fourth-order valence-corrected chi connectivity index (χ4v) is 6.51. The van der Waals surface area contributed by atoms with Crippen molar-refractivity contribution < 1.29 is 47.8 Å². The summed E-state index contributed by atoms with van der Waals surface area (Å²) in [7, 11) is 0. The minimum atomic E-state index is 0. The molecule has 0 saturated heterocycles. The van der Waals surface area contributed by atoms with Gasteiger partial charge in [-0.3, -0.25) is 24.3 Å². The van der Waals surface area contributed by atoms with Crippen molar-refractivity contribution in [3.05, 3.63) is 241 Å². The fraction of sp³-hybridized carbons (Fsp3) is 0.0870. The Morgan fingerprint density at radius 3 is 0.660 bits per heavy atom. The molecule has 50 heavy (non-hydrogen) atoms. The maximum absolute atomic E-state index is 2.99. The van der Waals surface area contributed by atoms with Crippen molar-refractivity contribution >= 4 is 31.3 Å². The summed E-state index contributed by atoms with van der Waals surface area (Å²) in [6.45, 7) is 0. The molecule has 4 heteroatoms. The van der Waals surface area contributed by atoms with Gasteiger partial charge in [0.05, 0.1) is 0 Å². The molecule has 0 spiro atoms. The van der Waals surface area contributed by atoms with Crippen LogP contribution in [-0.4, -0.2) is 6.51 Å². The molecule has 0 unspecified atom stereocenters. The van der Waals surface area contributed by atoms with Crippen LogP contribution in [0.5, 0.6) is 0 Å². The first kappa shape index (κ1) is 44.9. The Kier molecular flexibility index (Phi) is 27.5. The van der Waals surface area contributed by atoms with Gasteiger partial charge in [-0.1, -0.05) is 0 Å². The SMILES string of the molecule is Cl.Cl.[C-]1=CC=CC1.[C-]1=CC=CC1.[C-]1=CC=CC1.[C-]1=CC=CC1.[Hf+2]=[C](c1ccccc1)c1ccccc1.[Hf+2]=[C](c1ccccc1)c1ccccc1. The standard InChI is InChI=1S/2C13H10.4C5H5.2ClH.2Hf/c2*1-3-7-12(8-4-1)11-13-9-5-2-6-10-13;4*1-2-4-5-3-1;;;;/h2*1-10H;4*1-3H,4H2;2*1H;;/q;;4*-1;;;2*+2. The molecule has 8 rings (SSSR count). The van der Waals surface area contributed by atoms with E-state index in [9.17, 15) is 0 Å². The van der Waals surface area contributed by atoms with Crippen LogP contribution in [0.3, 0.4) is 0 Å². The van der Waals surface area contributed by atoms with E-state index in [0.717, 1.165) is 73.5 Å². The van der Waals surface area contributed by atoms with E-state index in [0.29, 0.717) is 0 Å². The van der Waals surface area contributed by atoms with Gasteiger partial charge >= 0.3 is 198 Å². The third-order valence-electron chi connectivity index (χ3n) is 6.59. The summed E-state index contributed by atoms with van der Waals surface area (Å²) in [6.07, 6.45) is 40.0. The molecule has 0 N–H and O–H groups in total. The van der Waals surface area contributed by atoms with Crippen LogP contribution in [0.1, 0.15) is 47.9 Å². The Morgan fingerprint density at radius 1 is 0.340 bits per heavy atom. The number of allylic oxidation sites excluding steroid dienone is 16. The van der Waals surface area contributed by atoms with E-state index in [1.165, 1.54) is 28.8 Å². The second kappa shape index (κ2) is 30.7. The third kappa shape index (κ3) is 20.5. The molecule has 0 heterocycles. The summed E-state index contributed by atoms with van der Waals surface area (Å²) < 4.78 is 2.93. The molecule has 0 saturated carbocycles. The monoisotopic (exact) mass is 1020 g/mol. The molecule has 0 nitrogen and oxygen atoms in total. The average Bonchev–Trinajstić information content (AvgIpc) is 4.03. The van der Waals surface area contributed by atoms with Crippen molar-refractivity contribution in [2.24, 2.45) is 0 Å². The molecule has 4 aromatic rings. The second-order valence-corrected chi connectivity index (χ2v) is 13.8. The van der Waals surface area contributed by atoms with Gasteiger partial charge in [-0.15, -0.1) is 50.5 Å². The number of hydrogen-bond acceptors (Lipinski definition) is 0. The third-order valence-corrected chi connectivity index (χ3v) is 10.7. The van der Waals surface area contributed by atoms with E-state index >= 15 is 0 Å². The quantitative estimate of drug-likeness (QED) is 0.141. The van der Waals surface area contributed by atoms with Gasteiger partial charge in [0.25, 0.3) is 0 Å². The average molecular weight is 1020 g/mol. The molecule has 4 aliphatic carbocycles. The van der Waals surface area contributed by atoms with Crippen molar-refractivity contribution in [1.29, 1.82) is 0 Å². The Morgan fingerprint density at radius 2 is 0.540 bits per heavy atom. The van der Waals surface area contributed by atoms with Crippen molar-refractivity contribution in [2.75, 3.05) is 0 Å². The first-order valence-electron chi connectivity index (χ1n) is 16.0. The van der Waals surface area contributed by atoms with Gasteiger partial charge in [-0.05, 0) is 0 Å². The molecular formula is C46H42Cl2Hf2. The van der Waals surface area contributed by atoms with Crippen LogP contribution in [-0.2, 0) is 47.8 Å². The molecule has 4 aromatic carbocycles. The zero-order valence-corrected chi connectivity index (χ0v) is 36.9. The molecule has 0 atom stereocenters. The zero-order valence-electron chi connectivity index (χ0n) is 28.1. The topological polar surface area (TPSA) is 0 Å². The molecule has 0 radical (unpaired) electrons. The molecule has 0 amide bonds. The van der Waals surface area contributed by atoms with E-state index in [2.05, 4.69) is 170 Å². The Bertz CT molecular complexity index is 1410. The minimum absolute atomic E-state index is 0. The number of hydrogen-bond donors (Lipinski definition) is 0. The van der Waals surface area contributed by atoms with Crippen LogP contribution in [0.2, 0.25) is 0 Å². The van der Waals surface area contributed by atoms with Gasteiger partial charge < -0.3 is 0 Å². The van der Waals surface area contributed by atoms with E-state index in [1.807, 2.05) is 48.6 Å². The Balaban J connectivity index is 0.000000319. The Labute approximate surface area is 342 Å². The van der Waals surface area contributed by atoms with Gasteiger partial charge in [0, 0.05) is 0 Å². The van der Waals surface area contributed by atoms with Crippen molar-refractivity contribution in [1.82, 2.24) is 0 Å². The first-order valence-corrected chi connectivity index (χ1v) is 19.6. The zero-order chi connectivity index (χ0) is 33.7. The molecule has 0 aromatic heterocycles. The van der Waals surface area contributed by atoms with E-state index in [-0.39, 0.29) is 24.8 Å². The summed E-state index contributed by atoms with van der Waals surface area (Å²) in [5, 5.41) is 0. The van der Waals surface area contributed by atoms with Crippen LogP contribution in [0.15, 0.2) is 194 Å². The predicted molar refractivity (Wildman–Crippen MR) is 213 cm³/mol. The molecule has 0 aliphatic heterocycles. The Hall–Kier alpha value is -3.14. The van der Waals surface area contributed by atoms with Crippen LogP contribution in [0, 0.1) is 24.3 Å². The maximum atomic E-state index is 2.99. The molecule has 0 fully saturated rings. The van der Waals surface area contributed by atoms with Gasteiger partial charge in [-0.2, -0.15) is 24.3 Å². The molecule has 0 bridgehead atoms. The second-order valence-electron chi connectivity index (χ2n) is 10.2. The van der Waals surface area contributed by atoms with Crippen LogP contribution in [0.4, 0.5) is 0 Å². The van der Waals surface area contributed by atoms with Gasteiger partial charge in [0.15, 0.2) is 0 Å². The van der Waals surface area contributed by atoms with Gasteiger partial charge in [0.2, 0.25) is 0 Å². The van der Waals surface area contributed by atoms with Crippen molar-refractivity contribution in [3.63, 3.8) is 0 Å². The van der Waals surface area contributed by atoms with E-state index in [4.69, 9.17) is 0 Å². The predicted octanol–water partition coefficient (Wildman–Crippen LogP) is 11.7. The first-order chi connectivity index (χ1) is 23.8. The summed E-state index contributed by atoms with van der Waals surface area (Å²) >= 11 is 2.16. The van der Waals surface area contributed by atoms with Crippen LogP contribution < -0.4 is 0 Å². The number of benzene rings is 4. The van der Waals surface area contributed by atoms with Crippen LogP contribution in [0.25, 0.3) is 0 Å². The fourth-order valence-electron chi connectivity index (χ4n) is 4.11. The van der Waals surface area contributed by atoms with Gasteiger partial charge in [0.1, 0.15) is 0 Å². The molecule has 4 aliphatic rings. The number of halogens is 2. The normalized spacial score (nSPS) is 12.6. The van der Waals surface area contributed by atoms with Crippen LogP contribution >= 0.6 is 24.8 Å².